The molecule has 2 aliphatic heterocycles. The van der Waals surface area contributed by atoms with Crippen molar-refractivity contribution in [1.29, 1.82) is 0 Å². The number of amides is 1. The minimum Gasteiger partial charge on any atom is -0.342 e. The predicted octanol–water partition coefficient (Wildman–Crippen LogP) is 3.40. The molecule has 28 heavy (non-hydrogen) atoms. The van der Waals surface area contributed by atoms with Crippen molar-refractivity contribution in [2.45, 2.75) is 52.6 Å². The standard InChI is InChI=1S/C23H32N4O/c1-19-5-3-6-21(15-19)16-25-12-4-9-23(17-25)10-14-26(18-23)22(28)8-13-27-20(2)7-11-24-27/h3,5-7,11,15H,4,8-10,12-14,16-18H2,1-2H3. The Morgan fingerprint density at radius 3 is 2.82 bits per heavy atom. The molecule has 2 fully saturated rings. The van der Waals surface area contributed by atoms with Gasteiger partial charge in [0.1, 0.15) is 0 Å². The molecule has 1 amide bonds. The zero-order chi connectivity index (χ0) is 19.6. The van der Waals surface area contributed by atoms with E-state index in [1.165, 1.54) is 30.5 Å². The smallest absolute Gasteiger partial charge is 0.224 e. The molecule has 3 heterocycles. The Morgan fingerprint density at radius 1 is 1.14 bits per heavy atom. The van der Waals surface area contributed by atoms with Gasteiger partial charge in [-0.1, -0.05) is 29.8 Å². The Labute approximate surface area is 168 Å². The van der Waals surface area contributed by atoms with Crippen molar-refractivity contribution < 1.29 is 4.79 Å². The molecule has 2 saturated heterocycles. The first-order valence-corrected chi connectivity index (χ1v) is 10.6. The van der Waals surface area contributed by atoms with Crippen molar-refractivity contribution in [3.05, 3.63) is 53.3 Å². The van der Waals surface area contributed by atoms with Crippen LogP contribution in [0.5, 0.6) is 0 Å². The third-order valence-corrected chi connectivity index (χ3v) is 6.49. The lowest BCUT2D eigenvalue weighted by Crippen LogP contribution is -2.45. The number of hydrogen-bond acceptors (Lipinski definition) is 3. The molecule has 4 rings (SSSR count). The van der Waals surface area contributed by atoms with Gasteiger partial charge in [-0.05, 0) is 51.3 Å². The molecule has 150 valence electrons. The van der Waals surface area contributed by atoms with Crippen molar-refractivity contribution >= 4 is 5.91 Å². The number of benzene rings is 1. The average molecular weight is 381 g/mol. The van der Waals surface area contributed by atoms with E-state index in [1.807, 2.05) is 17.7 Å². The highest BCUT2D eigenvalue weighted by Crippen LogP contribution is 2.39. The van der Waals surface area contributed by atoms with Gasteiger partial charge >= 0.3 is 0 Å². The lowest BCUT2D eigenvalue weighted by Gasteiger charge is -2.40. The molecule has 0 radical (unpaired) electrons. The number of nitrogens with zero attached hydrogens (tertiary/aromatic N) is 4. The topological polar surface area (TPSA) is 41.4 Å². The fraction of sp³-hybridized carbons (Fsp3) is 0.565. The molecule has 1 aromatic carbocycles. The van der Waals surface area contributed by atoms with Crippen LogP contribution in [0.15, 0.2) is 36.5 Å². The minimum atomic E-state index is 0.280. The number of likely N-dealkylation sites (tertiary alicyclic amines) is 2. The van der Waals surface area contributed by atoms with Crippen molar-refractivity contribution in [3.63, 3.8) is 0 Å². The number of piperidine rings is 1. The number of carbonyl (C=O) groups is 1. The number of carbonyl (C=O) groups excluding carboxylic acids is 1. The summed E-state index contributed by atoms with van der Waals surface area (Å²) in [7, 11) is 0. The monoisotopic (exact) mass is 380 g/mol. The first-order valence-electron chi connectivity index (χ1n) is 10.6. The zero-order valence-electron chi connectivity index (χ0n) is 17.2. The summed E-state index contributed by atoms with van der Waals surface area (Å²) < 4.78 is 1.92. The maximum Gasteiger partial charge on any atom is 0.224 e. The third kappa shape index (κ3) is 4.30. The minimum absolute atomic E-state index is 0.280. The summed E-state index contributed by atoms with van der Waals surface area (Å²) in [5, 5.41) is 4.29. The lowest BCUT2D eigenvalue weighted by atomic mass is 9.79. The summed E-state index contributed by atoms with van der Waals surface area (Å²) in [5.41, 5.74) is 4.14. The van der Waals surface area contributed by atoms with Gasteiger partial charge in [0.25, 0.3) is 0 Å². The molecule has 1 aromatic heterocycles. The van der Waals surface area contributed by atoms with Gasteiger partial charge < -0.3 is 4.90 Å². The summed E-state index contributed by atoms with van der Waals surface area (Å²) in [6.07, 6.45) is 5.98. The Balaban J connectivity index is 1.32. The van der Waals surface area contributed by atoms with Crippen LogP contribution in [0, 0.1) is 19.3 Å². The van der Waals surface area contributed by atoms with Crippen molar-refractivity contribution in [2.24, 2.45) is 5.41 Å². The van der Waals surface area contributed by atoms with Gasteiger partial charge in [-0.25, -0.2) is 0 Å². The van der Waals surface area contributed by atoms with Crippen LogP contribution < -0.4 is 0 Å². The average Bonchev–Trinajstić information content (AvgIpc) is 3.26. The van der Waals surface area contributed by atoms with Crippen molar-refractivity contribution in [2.75, 3.05) is 26.2 Å². The first kappa shape index (κ1) is 19.2. The molecule has 2 aromatic rings. The van der Waals surface area contributed by atoms with Gasteiger partial charge in [0.05, 0.1) is 0 Å². The molecule has 0 saturated carbocycles. The van der Waals surface area contributed by atoms with E-state index in [2.05, 4.69) is 46.1 Å². The predicted molar refractivity (Wildman–Crippen MR) is 111 cm³/mol. The lowest BCUT2D eigenvalue weighted by molar-refractivity contribution is -0.131. The van der Waals surface area contributed by atoms with E-state index in [4.69, 9.17) is 0 Å². The first-order chi connectivity index (χ1) is 13.5. The van der Waals surface area contributed by atoms with E-state index in [0.717, 1.165) is 38.3 Å². The Hall–Kier alpha value is -2.14. The summed E-state index contributed by atoms with van der Waals surface area (Å²) in [6, 6.07) is 10.8. The summed E-state index contributed by atoms with van der Waals surface area (Å²) in [4.78, 5) is 17.5. The fourth-order valence-corrected chi connectivity index (χ4v) is 4.99. The SMILES string of the molecule is Cc1cccc(CN2CCCC3(CCN(C(=O)CCn4nccc4C)C3)C2)c1. The molecule has 1 unspecified atom stereocenters. The fourth-order valence-electron chi connectivity index (χ4n) is 4.99. The van der Waals surface area contributed by atoms with Crippen LogP contribution in [0.25, 0.3) is 0 Å². The summed E-state index contributed by atoms with van der Waals surface area (Å²) in [5.74, 6) is 0.280. The Bertz CT molecular complexity index is 830. The second-order valence-corrected chi connectivity index (χ2v) is 8.81. The van der Waals surface area contributed by atoms with Gasteiger partial charge in [-0.2, -0.15) is 5.10 Å². The Kier molecular flexibility index (Phi) is 5.54. The van der Waals surface area contributed by atoms with Crippen LogP contribution in [0.2, 0.25) is 0 Å². The summed E-state index contributed by atoms with van der Waals surface area (Å²) in [6.45, 7) is 10.0. The molecule has 5 nitrogen and oxygen atoms in total. The van der Waals surface area contributed by atoms with Gasteiger partial charge in [-0.3, -0.25) is 14.4 Å². The molecule has 5 heteroatoms. The number of hydrogen-bond donors (Lipinski definition) is 0. The third-order valence-electron chi connectivity index (χ3n) is 6.49. The van der Waals surface area contributed by atoms with E-state index < -0.39 is 0 Å². The van der Waals surface area contributed by atoms with E-state index in [1.54, 1.807) is 6.20 Å². The van der Waals surface area contributed by atoms with Crippen molar-refractivity contribution in [3.8, 4) is 0 Å². The van der Waals surface area contributed by atoms with Gasteiger partial charge in [0.2, 0.25) is 5.91 Å². The van der Waals surface area contributed by atoms with Crippen LogP contribution in [-0.2, 0) is 17.9 Å². The van der Waals surface area contributed by atoms with Gasteiger partial charge in [0.15, 0.2) is 0 Å². The maximum absolute atomic E-state index is 12.8. The zero-order valence-corrected chi connectivity index (χ0v) is 17.2. The molecule has 1 spiro atoms. The largest absolute Gasteiger partial charge is 0.342 e. The molecular weight excluding hydrogens is 348 g/mol. The quantitative estimate of drug-likeness (QED) is 0.798. The molecule has 0 aliphatic carbocycles. The number of rotatable bonds is 5. The number of aromatic nitrogens is 2. The van der Waals surface area contributed by atoms with E-state index in [0.29, 0.717) is 18.4 Å². The van der Waals surface area contributed by atoms with Gasteiger partial charge in [-0.15, -0.1) is 0 Å². The highest BCUT2D eigenvalue weighted by atomic mass is 16.2. The number of aryl methyl sites for hydroxylation is 3. The second-order valence-electron chi connectivity index (χ2n) is 8.81. The second kappa shape index (κ2) is 8.08. The van der Waals surface area contributed by atoms with Crippen LogP contribution in [0.4, 0.5) is 0 Å². The molecule has 1 atom stereocenters. The van der Waals surface area contributed by atoms with Gasteiger partial charge in [0, 0.05) is 56.5 Å². The maximum atomic E-state index is 12.8. The molecular formula is C23H32N4O. The highest BCUT2D eigenvalue weighted by molar-refractivity contribution is 5.76. The van der Waals surface area contributed by atoms with E-state index in [-0.39, 0.29) is 5.91 Å². The normalized spacial score (nSPS) is 22.9. The van der Waals surface area contributed by atoms with Crippen LogP contribution in [-0.4, -0.2) is 51.7 Å². The van der Waals surface area contributed by atoms with E-state index in [9.17, 15) is 4.79 Å². The molecule has 0 N–H and O–H groups in total. The molecule has 2 aliphatic rings. The Morgan fingerprint density at radius 2 is 2.04 bits per heavy atom. The van der Waals surface area contributed by atoms with Crippen LogP contribution in [0.3, 0.4) is 0 Å². The van der Waals surface area contributed by atoms with E-state index >= 15 is 0 Å². The summed E-state index contributed by atoms with van der Waals surface area (Å²) >= 11 is 0. The van der Waals surface area contributed by atoms with Crippen LogP contribution >= 0.6 is 0 Å². The van der Waals surface area contributed by atoms with Crippen molar-refractivity contribution in [1.82, 2.24) is 19.6 Å². The van der Waals surface area contributed by atoms with Crippen LogP contribution in [0.1, 0.15) is 42.5 Å². The highest BCUT2D eigenvalue weighted by Gasteiger charge is 2.42. The molecule has 0 bridgehead atoms.